The lowest BCUT2D eigenvalue weighted by Crippen LogP contribution is -2.33. The van der Waals surface area contributed by atoms with Crippen LogP contribution in [0.15, 0.2) is 12.2 Å². The van der Waals surface area contributed by atoms with Crippen molar-refractivity contribution in [1.82, 2.24) is 4.90 Å². The van der Waals surface area contributed by atoms with E-state index in [-0.39, 0.29) is 0 Å². The molecule has 0 radical (unpaired) electrons. The molecule has 1 saturated carbocycles. The summed E-state index contributed by atoms with van der Waals surface area (Å²) in [6.07, 6.45) is 10.5. The Bertz CT molecular complexity index is 238. The van der Waals surface area contributed by atoms with E-state index in [1.54, 1.807) is 0 Å². The first-order valence-electron chi connectivity index (χ1n) is 6.52. The second kappa shape index (κ2) is 4.29. The van der Waals surface area contributed by atoms with Crippen LogP contribution in [0, 0.1) is 11.3 Å². The lowest BCUT2D eigenvalue weighted by atomic mass is 9.94. The van der Waals surface area contributed by atoms with Crippen LogP contribution in [0.5, 0.6) is 0 Å². The SMILES string of the molecule is CC(C)CCC1(CN2CC=CC2C)CC1. The maximum atomic E-state index is 2.63. The van der Waals surface area contributed by atoms with Gasteiger partial charge in [0.15, 0.2) is 0 Å². The van der Waals surface area contributed by atoms with Gasteiger partial charge in [-0.1, -0.05) is 32.4 Å². The molecule has 0 N–H and O–H groups in total. The first kappa shape index (κ1) is 11.2. The Morgan fingerprint density at radius 3 is 2.60 bits per heavy atom. The Morgan fingerprint density at radius 2 is 2.13 bits per heavy atom. The van der Waals surface area contributed by atoms with Crippen LogP contribution in [-0.4, -0.2) is 24.0 Å². The summed E-state index contributed by atoms with van der Waals surface area (Å²) in [6, 6.07) is 0.682. The van der Waals surface area contributed by atoms with E-state index in [1.165, 1.54) is 38.8 Å². The number of hydrogen-bond acceptors (Lipinski definition) is 1. The summed E-state index contributed by atoms with van der Waals surface area (Å²) in [5, 5.41) is 0. The molecule has 0 amide bonds. The smallest absolute Gasteiger partial charge is 0.0253 e. The normalized spacial score (nSPS) is 28.9. The summed E-state index contributed by atoms with van der Waals surface area (Å²) >= 11 is 0. The van der Waals surface area contributed by atoms with Crippen molar-refractivity contribution < 1.29 is 0 Å². The highest BCUT2D eigenvalue weighted by Gasteiger charge is 2.43. The van der Waals surface area contributed by atoms with Crippen LogP contribution in [0.3, 0.4) is 0 Å². The molecule has 1 unspecified atom stereocenters. The highest BCUT2D eigenvalue weighted by atomic mass is 15.2. The van der Waals surface area contributed by atoms with Crippen LogP contribution >= 0.6 is 0 Å². The van der Waals surface area contributed by atoms with Gasteiger partial charge in [-0.25, -0.2) is 0 Å². The van der Waals surface area contributed by atoms with Crippen LogP contribution in [-0.2, 0) is 0 Å². The maximum Gasteiger partial charge on any atom is 0.0253 e. The van der Waals surface area contributed by atoms with Crippen molar-refractivity contribution in [2.24, 2.45) is 11.3 Å². The van der Waals surface area contributed by atoms with E-state index in [0.717, 1.165) is 5.92 Å². The molecule has 0 bridgehead atoms. The topological polar surface area (TPSA) is 3.24 Å². The summed E-state index contributed by atoms with van der Waals surface area (Å²) in [4.78, 5) is 2.63. The quantitative estimate of drug-likeness (QED) is 0.624. The standard InChI is InChI=1S/C14H25N/c1-12(2)6-7-14(8-9-14)11-15-10-4-5-13(15)3/h4-5,12-13H,6-11H2,1-3H3. The fourth-order valence-corrected chi connectivity index (χ4v) is 2.58. The van der Waals surface area contributed by atoms with Crippen LogP contribution in [0.25, 0.3) is 0 Å². The van der Waals surface area contributed by atoms with Gasteiger partial charge in [0, 0.05) is 19.1 Å². The summed E-state index contributed by atoms with van der Waals surface area (Å²) in [6.45, 7) is 9.53. The number of hydrogen-bond donors (Lipinski definition) is 0. The molecule has 86 valence electrons. The third-order valence-electron chi connectivity index (χ3n) is 4.08. The van der Waals surface area contributed by atoms with E-state index in [1.807, 2.05) is 0 Å². The van der Waals surface area contributed by atoms with Gasteiger partial charge >= 0.3 is 0 Å². The third kappa shape index (κ3) is 2.84. The van der Waals surface area contributed by atoms with E-state index in [4.69, 9.17) is 0 Å². The Morgan fingerprint density at radius 1 is 1.40 bits per heavy atom. The lowest BCUT2D eigenvalue weighted by molar-refractivity contribution is 0.212. The van der Waals surface area contributed by atoms with Crippen molar-refractivity contribution in [3.8, 4) is 0 Å². The Hall–Kier alpha value is -0.300. The molecule has 1 nitrogen and oxygen atoms in total. The van der Waals surface area contributed by atoms with Crippen LogP contribution in [0.4, 0.5) is 0 Å². The van der Waals surface area contributed by atoms with Crippen molar-refractivity contribution in [3.63, 3.8) is 0 Å². The molecule has 0 aromatic rings. The molecular formula is C14H25N. The van der Waals surface area contributed by atoms with Crippen molar-refractivity contribution >= 4 is 0 Å². The van der Waals surface area contributed by atoms with E-state index in [2.05, 4.69) is 37.8 Å². The summed E-state index contributed by atoms with van der Waals surface area (Å²) in [5.74, 6) is 0.872. The molecule has 1 fully saturated rings. The second-order valence-electron chi connectivity index (χ2n) is 6.03. The first-order chi connectivity index (χ1) is 7.11. The fourth-order valence-electron chi connectivity index (χ4n) is 2.58. The lowest BCUT2D eigenvalue weighted by Gasteiger charge is -2.27. The molecule has 1 aliphatic carbocycles. The number of nitrogens with zero attached hydrogens (tertiary/aromatic N) is 1. The van der Waals surface area contributed by atoms with Crippen molar-refractivity contribution in [1.29, 1.82) is 0 Å². The van der Waals surface area contributed by atoms with Crippen LogP contribution < -0.4 is 0 Å². The Kier molecular flexibility index (Phi) is 3.20. The molecule has 0 spiro atoms. The van der Waals surface area contributed by atoms with Gasteiger partial charge in [-0.2, -0.15) is 0 Å². The van der Waals surface area contributed by atoms with Crippen molar-refractivity contribution in [2.75, 3.05) is 13.1 Å². The molecular weight excluding hydrogens is 182 g/mol. The zero-order chi connectivity index (χ0) is 10.9. The zero-order valence-corrected chi connectivity index (χ0v) is 10.5. The van der Waals surface area contributed by atoms with E-state index < -0.39 is 0 Å². The predicted octanol–water partition coefficient (Wildman–Crippen LogP) is 3.46. The minimum Gasteiger partial charge on any atom is -0.293 e. The molecule has 1 atom stereocenters. The van der Waals surface area contributed by atoms with Crippen LogP contribution in [0.1, 0.15) is 46.5 Å². The Labute approximate surface area is 94.5 Å². The molecule has 0 aromatic carbocycles. The van der Waals surface area contributed by atoms with Gasteiger partial charge in [-0.3, -0.25) is 4.90 Å². The highest BCUT2D eigenvalue weighted by molar-refractivity contribution is 5.05. The second-order valence-corrected chi connectivity index (χ2v) is 6.03. The molecule has 15 heavy (non-hydrogen) atoms. The molecule has 1 heterocycles. The largest absolute Gasteiger partial charge is 0.293 e. The van der Waals surface area contributed by atoms with Gasteiger partial charge in [0.2, 0.25) is 0 Å². The van der Waals surface area contributed by atoms with E-state index >= 15 is 0 Å². The summed E-state index contributed by atoms with van der Waals surface area (Å²) in [7, 11) is 0. The van der Waals surface area contributed by atoms with E-state index in [9.17, 15) is 0 Å². The minimum atomic E-state index is 0.682. The molecule has 2 aliphatic rings. The van der Waals surface area contributed by atoms with Crippen molar-refractivity contribution in [3.05, 3.63) is 12.2 Å². The minimum absolute atomic E-state index is 0.682. The monoisotopic (exact) mass is 207 g/mol. The van der Waals surface area contributed by atoms with Crippen molar-refractivity contribution in [2.45, 2.75) is 52.5 Å². The van der Waals surface area contributed by atoms with Crippen LogP contribution in [0.2, 0.25) is 0 Å². The first-order valence-corrected chi connectivity index (χ1v) is 6.52. The van der Waals surface area contributed by atoms with E-state index in [0.29, 0.717) is 11.5 Å². The molecule has 0 aromatic heterocycles. The molecule has 2 rings (SSSR count). The van der Waals surface area contributed by atoms with Gasteiger partial charge in [0.05, 0.1) is 0 Å². The third-order valence-corrected chi connectivity index (χ3v) is 4.08. The average molecular weight is 207 g/mol. The number of rotatable bonds is 5. The average Bonchev–Trinajstić information content (AvgIpc) is 2.83. The Balaban J connectivity index is 1.78. The zero-order valence-electron chi connectivity index (χ0n) is 10.5. The molecule has 0 saturated heterocycles. The van der Waals surface area contributed by atoms with Gasteiger partial charge < -0.3 is 0 Å². The molecule has 1 aliphatic heterocycles. The highest BCUT2D eigenvalue weighted by Crippen LogP contribution is 2.51. The van der Waals surface area contributed by atoms with Gasteiger partial charge in [0.1, 0.15) is 0 Å². The molecule has 1 heteroatoms. The van der Waals surface area contributed by atoms with Gasteiger partial charge in [-0.15, -0.1) is 0 Å². The fraction of sp³-hybridized carbons (Fsp3) is 0.857. The summed E-state index contributed by atoms with van der Waals surface area (Å²) in [5.41, 5.74) is 0.713. The predicted molar refractivity (Wildman–Crippen MR) is 65.9 cm³/mol. The summed E-state index contributed by atoms with van der Waals surface area (Å²) < 4.78 is 0. The van der Waals surface area contributed by atoms with Gasteiger partial charge in [-0.05, 0) is 37.5 Å². The van der Waals surface area contributed by atoms with Gasteiger partial charge in [0.25, 0.3) is 0 Å². The maximum absolute atomic E-state index is 2.63.